The Morgan fingerprint density at radius 1 is 1.03 bits per heavy atom. The Bertz CT molecular complexity index is 870. The molecule has 197 valence electrons. The topological polar surface area (TPSA) is 124 Å². The molecule has 7 nitrogen and oxygen atoms in total. The van der Waals surface area contributed by atoms with Gasteiger partial charge in [0.25, 0.3) is 10.1 Å². The van der Waals surface area contributed by atoms with Crippen LogP contribution in [0.15, 0.2) is 0 Å². The molecule has 0 aromatic heterocycles. The minimum atomic E-state index is -4.06. The zero-order valence-corrected chi connectivity index (χ0v) is 24.9. The zero-order valence-electron chi connectivity index (χ0n) is 22.1. The summed E-state index contributed by atoms with van der Waals surface area (Å²) in [6, 6.07) is 0. The molecule has 4 saturated carbocycles. The molecule has 0 aromatic rings. The van der Waals surface area contributed by atoms with Gasteiger partial charge in [-0.2, -0.15) is 8.42 Å². The van der Waals surface area contributed by atoms with E-state index in [1.807, 2.05) is 0 Å². The third kappa shape index (κ3) is 5.99. The SMILES string of the molecule is C[C@H](CCC(=O)NCCS(=O)(=O)O)[C@H]1CC[C@H]2[C@@H]3[C@H](O)C[C@@H]4C[C@H](O)CC[C@]4(C)[C@H]3CC[C@]12C.[Na]. The van der Waals surface area contributed by atoms with Crippen LogP contribution in [0.3, 0.4) is 0 Å². The van der Waals surface area contributed by atoms with Crippen molar-refractivity contribution < 1.29 is 28.0 Å². The number of hydrogen-bond donors (Lipinski definition) is 4. The number of aliphatic hydroxyl groups is 2. The van der Waals surface area contributed by atoms with E-state index in [4.69, 9.17) is 4.55 Å². The number of carbonyl (C=O) groups is 1. The molecule has 4 fully saturated rings. The van der Waals surface area contributed by atoms with Gasteiger partial charge < -0.3 is 15.5 Å². The Morgan fingerprint density at radius 2 is 1.69 bits per heavy atom. The molecule has 0 spiro atoms. The molecule has 4 N–H and O–H groups in total. The first-order valence-electron chi connectivity index (χ1n) is 13.4. The first-order chi connectivity index (χ1) is 15.8. The molecule has 0 heterocycles. The number of hydrogen-bond acceptors (Lipinski definition) is 5. The van der Waals surface area contributed by atoms with E-state index in [-0.39, 0.29) is 65.0 Å². The first-order valence-corrected chi connectivity index (χ1v) is 15.0. The summed E-state index contributed by atoms with van der Waals surface area (Å²) < 4.78 is 30.5. The van der Waals surface area contributed by atoms with E-state index in [1.165, 1.54) is 6.42 Å². The summed E-state index contributed by atoms with van der Waals surface area (Å²) in [5.74, 6) is 2.10. The van der Waals surface area contributed by atoms with Gasteiger partial charge in [0.05, 0.1) is 18.0 Å². The van der Waals surface area contributed by atoms with Crippen LogP contribution in [0.4, 0.5) is 0 Å². The van der Waals surface area contributed by atoms with Crippen molar-refractivity contribution >= 4 is 45.6 Å². The largest absolute Gasteiger partial charge is 0.393 e. The number of fused-ring (bicyclic) bond motifs is 5. The fraction of sp³-hybridized carbons (Fsp3) is 0.962. The van der Waals surface area contributed by atoms with Gasteiger partial charge in [0.15, 0.2) is 0 Å². The summed E-state index contributed by atoms with van der Waals surface area (Å²) >= 11 is 0. The standard InChI is InChI=1S/C26H45NO6S.Na/c1-16(4-7-23(30)27-12-13-34(31,32)33)19-5-6-20-24-21(9-11-26(19,20)3)25(2)10-8-18(28)14-17(25)15-22(24)29;/h16-22,24,28-29H,4-15H2,1-3H3,(H,27,30)(H,31,32,33);/t16-,17+,18-,19-,20+,21+,22-,24+,25+,26-;/m1./s1. The van der Waals surface area contributed by atoms with Crippen molar-refractivity contribution in [3.05, 3.63) is 0 Å². The maximum Gasteiger partial charge on any atom is 0.266 e. The third-order valence-electron chi connectivity index (χ3n) is 10.9. The summed E-state index contributed by atoms with van der Waals surface area (Å²) in [7, 11) is -4.06. The van der Waals surface area contributed by atoms with E-state index in [9.17, 15) is 23.4 Å². The van der Waals surface area contributed by atoms with Crippen molar-refractivity contribution in [1.82, 2.24) is 5.32 Å². The average Bonchev–Trinajstić information content (AvgIpc) is 3.09. The number of amides is 1. The maximum absolute atomic E-state index is 12.2. The van der Waals surface area contributed by atoms with Gasteiger partial charge in [-0.05, 0) is 104 Å². The smallest absolute Gasteiger partial charge is 0.266 e. The Labute approximate surface area is 233 Å². The molecular weight excluding hydrogens is 477 g/mol. The molecule has 0 saturated heterocycles. The van der Waals surface area contributed by atoms with Crippen LogP contribution in [0, 0.1) is 46.3 Å². The average molecular weight is 523 g/mol. The monoisotopic (exact) mass is 522 g/mol. The van der Waals surface area contributed by atoms with Crippen molar-refractivity contribution in [1.29, 1.82) is 0 Å². The van der Waals surface area contributed by atoms with E-state index < -0.39 is 15.9 Å². The van der Waals surface area contributed by atoms with E-state index in [2.05, 4.69) is 26.1 Å². The molecule has 0 aliphatic heterocycles. The van der Waals surface area contributed by atoms with E-state index in [0.717, 1.165) is 51.4 Å². The second-order valence-electron chi connectivity index (χ2n) is 12.6. The molecule has 4 aliphatic carbocycles. The summed E-state index contributed by atoms with van der Waals surface area (Å²) in [5.41, 5.74) is 0.411. The Hall–Kier alpha value is 0.300. The molecule has 4 aliphatic rings. The molecule has 35 heavy (non-hydrogen) atoms. The van der Waals surface area contributed by atoms with Gasteiger partial charge in [0, 0.05) is 42.5 Å². The van der Waals surface area contributed by atoms with Crippen LogP contribution in [0.2, 0.25) is 0 Å². The van der Waals surface area contributed by atoms with E-state index >= 15 is 0 Å². The fourth-order valence-electron chi connectivity index (χ4n) is 9.14. The zero-order chi connectivity index (χ0) is 24.9. The van der Waals surface area contributed by atoms with Crippen LogP contribution < -0.4 is 5.32 Å². The van der Waals surface area contributed by atoms with Crippen LogP contribution in [-0.2, 0) is 14.9 Å². The Balaban J connectivity index is 0.00000342. The number of rotatable bonds is 7. The second-order valence-corrected chi connectivity index (χ2v) is 14.2. The number of nitrogens with one attached hydrogen (secondary N) is 1. The maximum atomic E-state index is 12.2. The predicted octanol–water partition coefficient (Wildman–Crippen LogP) is 3.02. The number of aliphatic hydroxyl groups excluding tert-OH is 2. The van der Waals surface area contributed by atoms with Gasteiger partial charge in [-0.1, -0.05) is 20.8 Å². The first kappa shape index (κ1) is 29.9. The molecule has 0 bridgehead atoms. The fourth-order valence-corrected chi connectivity index (χ4v) is 9.50. The summed E-state index contributed by atoms with van der Waals surface area (Å²) in [5, 5.41) is 24.2. The Morgan fingerprint density at radius 3 is 2.37 bits per heavy atom. The van der Waals surface area contributed by atoms with Gasteiger partial charge in [-0.15, -0.1) is 0 Å². The molecule has 10 atom stereocenters. The van der Waals surface area contributed by atoms with Gasteiger partial charge in [0.2, 0.25) is 5.91 Å². The van der Waals surface area contributed by atoms with Gasteiger partial charge in [-0.25, -0.2) is 0 Å². The van der Waals surface area contributed by atoms with Gasteiger partial charge in [-0.3, -0.25) is 9.35 Å². The number of carbonyl (C=O) groups excluding carboxylic acids is 1. The molecule has 4 rings (SSSR count). The minimum Gasteiger partial charge on any atom is -0.393 e. The van der Waals surface area contributed by atoms with Crippen LogP contribution in [-0.4, -0.2) is 83.2 Å². The molecule has 0 aromatic carbocycles. The molecule has 1 radical (unpaired) electrons. The van der Waals surface area contributed by atoms with Crippen molar-refractivity contribution in [3.8, 4) is 0 Å². The molecule has 1 amide bonds. The summed E-state index contributed by atoms with van der Waals surface area (Å²) in [6.45, 7) is 7.05. The second kappa shape index (κ2) is 11.2. The van der Waals surface area contributed by atoms with Crippen LogP contribution >= 0.6 is 0 Å². The quantitative estimate of drug-likeness (QED) is 0.301. The van der Waals surface area contributed by atoms with E-state index in [1.54, 1.807) is 0 Å². The van der Waals surface area contributed by atoms with Crippen molar-refractivity contribution in [3.63, 3.8) is 0 Å². The predicted molar refractivity (Wildman–Crippen MR) is 136 cm³/mol. The molecule has 9 heteroatoms. The normalized spacial score (nSPS) is 43.8. The molecule has 0 unspecified atom stereocenters. The van der Waals surface area contributed by atoms with Gasteiger partial charge in [0.1, 0.15) is 0 Å². The van der Waals surface area contributed by atoms with Crippen molar-refractivity contribution in [2.45, 2.75) is 97.2 Å². The van der Waals surface area contributed by atoms with Crippen molar-refractivity contribution in [2.24, 2.45) is 46.3 Å². The molecular formula is C26H45NNaO6S. The van der Waals surface area contributed by atoms with Crippen LogP contribution in [0.5, 0.6) is 0 Å². The van der Waals surface area contributed by atoms with Gasteiger partial charge >= 0.3 is 0 Å². The minimum absolute atomic E-state index is 0. The summed E-state index contributed by atoms with van der Waals surface area (Å²) in [4.78, 5) is 12.2. The van der Waals surface area contributed by atoms with Crippen LogP contribution in [0.1, 0.15) is 85.0 Å². The van der Waals surface area contributed by atoms with E-state index in [0.29, 0.717) is 41.9 Å². The third-order valence-corrected chi connectivity index (χ3v) is 11.6. The van der Waals surface area contributed by atoms with Crippen LogP contribution in [0.25, 0.3) is 0 Å². The Kier molecular flexibility index (Phi) is 9.54. The summed E-state index contributed by atoms with van der Waals surface area (Å²) in [6.07, 6.45) is 8.87. The van der Waals surface area contributed by atoms with Crippen molar-refractivity contribution in [2.75, 3.05) is 12.3 Å².